The van der Waals surface area contributed by atoms with Crippen molar-refractivity contribution in [1.29, 1.82) is 0 Å². The third-order valence-electron chi connectivity index (χ3n) is 5.30. The van der Waals surface area contributed by atoms with Crippen LogP contribution in [0.5, 0.6) is 0 Å². The summed E-state index contributed by atoms with van der Waals surface area (Å²) in [7, 11) is -3.74. The van der Waals surface area contributed by atoms with Crippen LogP contribution in [0.4, 0.5) is 5.69 Å². The molecule has 2 amide bonds. The molecule has 0 aliphatic carbocycles. The zero-order valence-corrected chi connectivity index (χ0v) is 20.3. The second-order valence-corrected chi connectivity index (χ2v) is 9.74. The average molecular weight is 460 g/mol. The van der Waals surface area contributed by atoms with Gasteiger partial charge in [-0.3, -0.25) is 13.9 Å². The molecule has 0 fully saturated rings. The van der Waals surface area contributed by atoms with Gasteiger partial charge in [-0.2, -0.15) is 0 Å². The van der Waals surface area contributed by atoms with Gasteiger partial charge >= 0.3 is 0 Å². The Morgan fingerprint density at radius 3 is 2.06 bits per heavy atom. The van der Waals surface area contributed by atoms with Gasteiger partial charge in [0.05, 0.1) is 11.9 Å². The number of carbonyl (C=O) groups excluding carboxylic acids is 2. The normalized spacial score (nSPS) is 12.2. The van der Waals surface area contributed by atoms with Crippen molar-refractivity contribution in [2.24, 2.45) is 0 Å². The number of carbonyl (C=O) groups is 2. The van der Waals surface area contributed by atoms with Gasteiger partial charge in [0.2, 0.25) is 21.8 Å². The second-order valence-electron chi connectivity index (χ2n) is 7.84. The highest BCUT2D eigenvalue weighted by atomic mass is 32.2. The number of aryl methyl sites for hydroxylation is 2. The van der Waals surface area contributed by atoms with E-state index < -0.39 is 22.0 Å². The van der Waals surface area contributed by atoms with Crippen LogP contribution in [-0.4, -0.2) is 50.5 Å². The number of anilines is 1. The predicted molar refractivity (Wildman–Crippen MR) is 128 cm³/mol. The number of nitrogens with zero attached hydrogens (tertiary/aromatic N) is 2. The molecule has 1 atom stereocenters. The van der Waals surface area contributed by atoms with Crippen LogP contribution >= 0.6 is 0 Å². The first-order valence-electron chi connectivity index (χ1n) is 10.7. The van der Waals surface area contributed by atoms with E-state index in [2.05, 4.69) is 5.32 Å². The van der Waals surface area contributed by atoms with Crippen LogP contribution < -0.4 is 9.62 Å². The highest BCUT2D eigenvalue weighted by Gasteiger charge is 2.32. The number of hydrogen-bond acceptors (Lipinski definition) is 4. The number of sulfonamides is 1. The first kappa shape index (κ1) is 25.4. The van der Waals surface area contributed by atoms with Gasteiger partial charge in [0.1, 0.15) is 12.6 Å². The van der Waals surface area contributed by atoms with Crippen molar-refractivity contribution in [2.75, 3.05) is 23.7 Å². The Balaban J connectivity index is 2.47. The van der Waals surface area contributed by atoms with Gasteiger partial charge in [-0.25, -0.2) is 8.42 Å². The zero-order chi connectivity index (χ0) is 23.9. The Hall–Kier alpha value is -2.87. The number of rotatable bonds is 10. The number of amides is 2. The molecule has 0 heterocycles. The Morgan fingerprint density at radius 1 is 0.969 bits per heavy atom. The van der Waals surface area contributed by atoms with Gasteiger partial charge in [-0.1, -0.05) is 55.5 Å². The van der Waals surface area contributed by atoms with Crippen molar-refractivity contribution >= 4 is 27.5 Å². The van der Waals surface area contributed by atoms with Crippen LogP contribution in [0.15, 0.2) is 48.5 Å². The highest BCUT2D eigenvalue weighted by molar-refractivity contribution is 7.92. The average Bonchev–Trinajstić information content (AvgIpc) is 2.72. The first-order valence-corrected chi connectivity index (χ1v) is 12.6. The highest BCUT2D eigenvalue weighted by Crippen LogP contribution is 2.27. The number of nitrogens with one attached hydrogen (secondary N) is 1. The lowest BCUT2D eigenvalue weighted by Crippen LogP contribution is -2.52. The molecule has 0 bridgehead atoms. The minimum absolute atomic E-state index is 0.208. The second kappa shape index (κ2) is 11.1. The molecule has 0 saturated heterocycles. The summed E-state index contributed by atoms with van der Waals surface area (Å²) in [5.41, 5.74) is 2.87. The summed E-state index contributed by atoms with van der Waals surface area (Å²) in [6, 6.07) is 14.1. The maximum atomic E-state index is 13.5. The number of hydrogen-bond donors (Lipinski definition) is 1. The van der Waals surface area contributed by atoms with Crippen LogP contribution in [-0.2, 0) is 26.2 Å². The Kier molecular flexibility index (Phi) is 8.83. The molecule has 0 aliphatic rings. The summed E-state index contributed by atoms with van der Waals surface area (Å²) in [5, 5.41) is 2.79. The van der Waals surface area contributed by atoms with Crippen LogP contribution in [0.2, 0.25) is 0 Å². The minimum atomic E-state index is -3.74. The molecule has 32 heavy (non-hydrogen) atoms. The van der Waals surface area contributed by atoms with E-state index in [-0.39, 0.29) is 19.0 Å². The Bertz CT molecular complexity index is 1020. The minimum Gasteiger partial charge on any atom is -0.355 e. The van der Waals surface area contributed by atoms with E-state index in [9.17, 15) is 18.0 Å². The molecule has 0 radical (unpaired) electrons. The molecule has 2 rings (SSSR count). The third-order valence-corrected chi connectivity index (χ3v) is 6.41. The Labute approximate surface area is 191 Å². The van der Waals surface area contributed by atoms with Crippen LogP contribution in [0, 0.1) is 13.8 Å². The third kappa shape index (κ3) is 6.32. The number of para-hydroxylation sites is 1. The summed E-state index contributed by atoms with van der Waals surface area (Å²) in [5.74, 6) is -0.683. The molecule has 174 valence electrons. The standard InChI is InChI=1S/C24H33N3O4S/c1-6-21(24(29)25-7-2)26(16-20-14-9-8-10-15-20)22(28)17-27(32(5,30)31)23-18(3)12-11-13-19(23)4/h8-15,21H,6-7,16-17H2,1-5H3,(H,25,29)/t21-/m1/s1. The monoisotopic (exact) mass is 459 g/mol. The van der Waals surface area contributed by atoms with Gasteiger partial charge in [0, 0.05) is 13.1 Å². The molecule has 7 nitrogen and oxygen atoms in total. The van der Waals surface area contributed by atoms with E-state index in [4.69, 9.17) is 0 Å². The molecule has 0 saturated carbocycles. The quantitative estimate of drug-likeness (QED) is 0.592. The van der Waals surface area contributed by atoms with E-state index in [1.165, 1.54) is 4.90 Å². The lowest BCUT2D eigenvalue weighted by molar-refractivity contribution is -0.140. The molecule has 1 N–H and O–H groups in total. The molecule has 0 unspecified atom stereocenters. The smallest absolute Gasteiger partial charge is 0.244 e. The molecular weight excluding hydrogens is 426 g/mol. The summed E-state index contributed by atoms with van der Waals surface area (Å²) < 4.78 is 26.6. The fourth-order valence-electron chi connectivity index (χ4n) is 3.77. The van der Waals surface area contributed by atoms with E-state index in [1.807, 2.05) is 76.2 Å². The van der Waals surface area contributed by atoms with Crippen LogP contribution in [0.3, 0.4) is 0 Å². The maximum Gasteiger partial charge on any atom is 0.244 e. The van der Waals surface area contributed by atoms with Gasteiger partial charge in [-0.05, 0) is 43.9 Å². The summed E-state index contributed by atoms with van der Waals surface area (Å²) in [6.07, 6.45) is 1.50. The Morgan fingerprint density at radius 2 is 1.56 bits per heavy atom. The van der Waals surface area contributed by atoms with Crippen LogP contribution in [0.25, 0.3) is 0 Å². The van der Waals surface area contributed by atoms with E-state index >= 15 is 0 Å². The maximum absolute atomic E-state index is 13.5. The van der Waals surface area contributed by atoms with E-state index in [1.54, 1.807) is 0 Å². The first-order chi connectivity index (χ1) is 15.1. The fraction of sp³-hybridized carbons (Fsp3) is 0.417. The topological polar surface area (TPSA) is 86.8 Å². The molecular formula is C24H33N3O4S. The van der Waals surface area contributed by atoms with Crippen molar-refractivity contribution in [3.05, 3.63) is 65.2 Å². The fourth-order valence-corrected chi connectivity index (χ4v) is 4.73. The number of likely N-dealkylation sites (N-methyl/N-ethyl adjacent to an activating group) is 1. The van der Waals surface area contributed by atoms with Gasteiger partial charge in [0.15, 0.2) is 0 Å². The molecule has 2 aromatic rings. The van der Waals surface area contributed by atoms with Crippen molar-refractivity contribution < 1.29 is 18.0 Å². The molecule has 0 aromatic heterocycles. The predicted octanol–water partition coefficient (Wildman–Crippen LogP) is 3.01. The molecule has 8 heteroatoms. The van der Waals surface area contributed by atoms with Gasteiger partial charge < -0.3 is 10.2 Å². The summed E-state index contributed by atoms with van der Waals surface area (Å²) >= 11 is 0. The SMILES string of the molecule is CCNC(=O)[C@@H](CC)N(Cc1ccccc1)C(=O)CN(c1c(C)cccc1C)S(C)(=O)=O. The number of benzene rings is 2. The van der Waals surface area contributed by atoms with Crippen molar-refractivity contribution in [1.82, 2.24) is 10.2 Å². The van der Waals surface area contributed by atoms with Crippen molar-refractivity contribution in [2.45, 2.75) is 46.7 Å². The largest absolute Gasteiger partial charge is 0.355 e. The van der Waals surface area contributed by atoms with E-state index in [0.29, 0.717) is 18.7 Å². The molecule has 2 aromatic carbocycles. The van der Waals surface area contributed by atoms with Gasteiger partial charge in [-0.15, -0.1) is 0 Å². The lowest BCUT2D eigenvalue weighted by atomic mass is 10.1. The van der Waals surface area contributed by atoms with E-state index in [0.717, 1.165) is 27.3 Å². The summed E-state index contributed by atoms with van der Waals surface area (Å²) in [4.78, 5) is 27.8. The zero-order valence-electron chi connectivity index (χ0n) is 19.5. The summed E-state index contributed by atoms with van der Waals surface area (Å²) in [6.45, 7) is 7.56. The lowest BCUT2D eigenvalue weighted by Gasteiger charge is -2.33. The van der Waals surface area contributed by atoms with Crippen LogP contribution in [0.1, 0.15) is 37.0 Å². The van der Waals surface area contributed by atoms with Gasteiger partial charge in [0.25, 0.3) is 0 Å². The van der Waals surface area contributed by atoms with Crippen molar-refractivity contribution in [3.63, 3.8) is 0 Å². The molecule has 0 aliphatic heterocycles. The molecule has 0 spiro atoms. The van der Waals surface area contributed by atoms with Crippen molar-refractivity contribution in [3.8, 4) is 0 Å².